The van der Waals surface area contributed by atoms with E-state index in [9.17, 15) is 9.59 Å². The number of H-pyrrole nitrogens is 1. The molecule has 1 aromatic rings. The normalized spacial score (nSPS) is 16.2. The van der Waals surface area contributed by atoms with Crippen molar-refractivity contribution in [1.82, 2.24) is 4.98 Å². The molecule has 3 N–H and O–H groups in total. The molecule has 2 heterocycles. The van der Waals surface area contributed by atoms with E-state index >= 15 is 0 Å². The number of aromatic nitrogens is 1. The summed E-state index contributed by atoms with van der Waals surface area (Å²) in [6.45, 7) is 0.950. The van der Waals surface area contributed by atoms with Crippen molar-refractivity contribution in [3.05, 3.63) is 38.9 Å². The first-order valence-electron chi connectivity index (χ1n) is 5.17. The van der Waals surface area contributed by atoms with E-state index in [2.05, 4.69) is 4.98 Å². The number of carbonyl (C=O) groups is 1. The van der Waals surface area contributed by atoms with Gasteiger partial charge >= 0.3 is 0 Å². The molecule has 0 amide bonds. The minimum absolute atomic E-state index is 0.222. The van der Waals surface area contributed by atoms with Crippen LogP contribution in [-0.2, 0) is 4.79 Å². The molecule has 0 spiro atoms. The van der Waals surface area contributed by atoms with E-state index in [1.165, 1.54) is 6.20 Å². The molecule has 0 saturated carbocycles. The molecular formula is C11H12ClN3O2. The smallest absolute Gasteiger partial charge is 0.271 e. The highest BCUT2D eigenvalue weighted by Gasteiger charge is 2.19. The van der Waals surface area contributed by atoms with Crippen LogP contribution in [0.2, 0.25) is 5.02 Å². The largest absolute Gasteiger partial charge is 0.402 e. The summed E-state index contributed by atoms with van der Waals surface area (Å²) in [6.07, 6.45) is 2.74. The van der Waals surface area contributed by atoms with Gasteiger partial charge in [-0.3, -0.25) is 9.59 Å². The Bertz CT molecular complexity index is 536. The predicted molar refractivity (Wildman–Crippen MR) is 66.2 cm³/mol. The van der Waals surface area contributed by atoms with E-state index in [4.69, 9.17) is 17.3 Å². The monoisotopic (exact) mass is 253 g/mol. The Morgan fingerprint density at radius 1 is 1.53 bits per heavy atom. The maximum Gasteiger partial charge on any atom is 0.271 e. The van der Waals surface area contributed by atoms with E-state index in [1.807, 2.05) is 0 Å². The fourth-order valence-electron chi connectivity index (χ4n) is 1.80. The first kappa shape index (κ1) is 11.7. The first-order chi connectivity index (χ1) is 8.11. The molecule has 1 aliphatic heterocycles. The Kier molecular flexibility index (Phi) is 3.19. The van der Waals surface area contributed by atoms with Crippen molar-refractivity contribution < 1.29 is 4.79 Å². The molecule has 6 heteroatoms. The highest BCUT2D eigenvalue weighted by atomic mass is 35.5. The minimum atomic E-state index is -0.222. The molecule has 5 nitrogen and oxygen atoms in total. The van der Waals surface area contributed by atoms with E-state index < -0.39 is 0 Å². The van der Waals surface area contributed by atoms with Crippen LogP contribution < -0.4 is 16.2 Å². The van der Waals surface area contributed by atoms with E-state index in [0.717, 1.165) is 6.29 Å². The standard InChI is InChI=1S/C11H12ClN3O2/c12-8-3-10(11(17)14-4-8)15-2-1-9(13)7(5-15)6-16/h3-4,6H,1-2,5,13H2,(H,14,17). The van der Waals surface area contributed by atoms with Gasteiger partial charge in [0.05, 0.1) is 5.02 Å². The van der Waals surface area contributed by atoms with E-state index in [1.54, 1.807) is 11.0 Å². The van der Waals surface area contributed by atoms with Crippen LogP contribution in [0.3, 0.4) is 0 Å². The van der Waals surface area contributed by atoms with E-state index in [0.29, 0.717) is 41.5 Å². The molecule has 0 bridgehead atoms. The molecule has 0 aromatic carbocycles. The summed E-state index contributed by atoms with van der Waals surface area (Å²) in [5.74, 6) is 0. The van der Waals surface area contributed by atoms with Gasteiger partial charge in [0.25, 0.3) is 5.56 Å². The van der Waals surface area contributed by atoms with Gasteiger partial charge in [-0.25, -0.2) is 0 Å². The van der Waals surface area contributed by atoms with Gasteiger partial charge in [0.1, 0.15) is 12.0 Å². The number of nitrogens with one attached hydrogen (secondary N) is 1. The van der Waals surface area contributed by atoms with Crippen LogP contribution in [0.15, 0.2) is 28.3 Å². The van der Waals surface area contributed by atoms with Crippen LogP contribution in [-0.4, -0.2) is 24.4 Å². The highest BCUT2D eigenvalue weighted by Crippen LogP contribution is 2.19. The second kappa shape index (κ2) is 4.63. The van der Waals surface area contributed by atoms with Gasteiger partial charge in [-0.15, -0.1) is 0 Å². The number of pyridine rings is 1. The molecule has 0 fully saturated rings. The lowest BCUT2D eigenvalue weighted by Crippen LogP contribution is -2.37. The van der Waals surface area contributed by atoms with Crippen molar-refractivity contribution in [1.29, 1.82) is 0 Å². The number of aldehydes is 1. The van der Waals surface area contributed by atoms with Gasteiger partial charge in [0.15, 0.2) is 0 Å². The zero-order valence-corrected chi connectivity index (χ0v) is 9.83. The van der Waals surface area contributed by atoms with Crippen molar-refractivity contribution in [2.75, 3.05) is 18.0 Å². The van der Waals surface area contributed by atoms with Crippen molar-refractivity contribution in [2.45, 2.75) is 6.42 Å². The number of carbonyl (C=O) groups excluding carboxylic acids is 1. The summed E-state index contributed by atoms with van der Waals surface area (Å²) in [5, 5.41) is 0.453. The van der Waals surface area contributed by atoms with Crippen LogP contribution in [0.25, 0.3) is 0 Å². The summed E-state index contributed by atoms with van der Waals surface area (Å²) in [4.78, 5) is 26.8. The number of rotatable bonds is 2. The molecule has 0 radical (unpaired) electrons. The van der Waals surface area contributed by atoms with Crippen molar-refractivity contribution in [3.8, 4) is 0 Å². The third-order valence-electron chi connectivity index (χ3n) is 2.76. The number of nitrogens with two attached hydrogens (primary N) is 1. The van der Waals surface area contributed by atoms with E-state index in [-0.39, 0.29) is 5.56 Å². The second-order valence-electron chi connectivity index (χ2n) is 3.87. The average Bonchev–Trinajstić information content (AvgIpc) is 2.33. The summed E-state index contributed by atoms with van der Waals surface area (Å²) < 4.78 is 0. The lowest BCUT2D eigenvalue weighted by Gasteiger charge is -2.28. The number of hydrogen-bond acceptors (Lipinski definition) is 4. The van der Waals surface area contributed by atoms with Gasteiger partial charge in [-0.1, -0.05) is 11.6 Å². The Labute approximate surface area is 103 Å². The summed E-state index contributed by atoms with van der Waals surface area (Å²) in [6, 6.07) is 1.59. The number of aromatic amines is 1. The molecule has 17 heavy (non-hydrogen) atoms. The Morgan fingerprint density at radius 3 is 3.00 bits per heavy atom. The average molecular weight is 254 g/mol. The number of halogens is 1. The third kappa shape index (κ3) is 2.34. The Balaban J connectivity index is 2.34. The second-order valence-corrected chi connectivity index (χ2v) is 4.31. The van der Waals surface area contributed by atoms with Crippen molar-refractivity contribution in [3.63, 3.8) is 0 Å². The van der Waals surface area contributed by atoms with Gasteiger partial charge in [-0.05, 0) is 6.07 Å². The topological polar surface area (TPSA) is 79.2 Å². The Morgan fingerprint density at radius 2 is 2.29 bits per heavy atom. The van der Waals surface area contributed by atoms with Crippen LogP contribution >= 0.6 is 11.6 Å². The van der Waals surface area contributed by atoms with Gasteiger partial charge in [-0.2, -0.15) is 0 Å². The molecular weight excluding hydrogens is 242 g/mol. The summed E-state index contributed by atoms with van der Waals surface area (Å²) in [7, 11) is 0. The number of anilines is 1. The van der Waals surface area contributed by atoms with Gasteiger partial charge < -0.3 is 15.6 Å². The van der Waals surface area contributed by atoms with Crippen molar-refractivity contribution >= 4 is 23.6 Å². The number of nitrogens with zero attached hydrogens (tertiary/aromatic N) is 1. The molecule has 90 valence electrons. The lowest BCUT2D eigenvalue weighted by atomic mass is 10.1. The van der Waals surface area contributed by atoms with Crippen LogP contribution in [0.1, 0.15) is 6.42 Å². The predicted octanol–water partition coefficient (Wildman–Crippen LogP) is 0.650. The molecule has 1 aromatic heterocycles. The molecule has 0 saturated heterocycles. The quantitative estimate of drug-likeness (QED) is 0.759. The summed E-state index contributed by atoms with van der Waals surface area (Å²) >= 11 is 5.83. The SMILES string of the molecule is NC1=C(C=O)CN(c2cc(Cl)c[nH]c2=O)CC1. The maximum absolute atomic E-state index is 11.7. The van der Waals surface area contributed by atoms with Crippen LogP contribution in [0.4, 0.5) is 5.69 Å². The molecule has 0 unspecified atom stereocenters. The molecule has 1 aliphatic rings. The highest BCUT2D eigenvalue weighted by molar-refractivity contribution is 6.30. The summed E-state index contributed by atoms with van der Waals surface area (Å²) in [5.41, 5.74) is 7.06. The zero-order chi connectivity index (χ0) is 12.4. The molecule has 2 rings (SSSR count). The lowest BCUT2D eigenvalue weighted by molar-refractivity contribution is -0.105. The minimum Gasteiger partial charge on any atom is -0.402 e. The van der Waals surface area contributed by atoms with Gasteiger partial charge in [0.2, 0.25) is 0 Å². The van der Waals surface area contributed by atoms with Crippen molar-refractivity contribution in [2.24, 2.45) is 5.73 Å². The van der Waals surface area contributed by atoms with Gasteiger partial charge in [0, 0.05) is 37.0 Å². The van der Waals surface area contributed by atoms with Crippen LogP contribution in [0.5, 0.6) is 0 Å². The van der Waals surface area contributed by atoms with Crippen LogP contribution in [0, 0.1) is 0 Å². The fourth-order valence-corrected chi connectivity index (χ4v) is 1.96. The third-order valence-corrected chi connectivity index (χ3v) is 2.97. The first-order valence-corrected chi connectivity index (χ1v) is 5.55. The maximum atomic E-state index is 11.7. The number of hydrogen-bond donors (Lipinski definition) is 2. The fraction of sp³-hybridized carbons (Fsp3) is 0.273. The zero-order valence-electron chi connectivity index (χ0n) is 9.07. The Hall–Kier alpha value is -1.75. The molecule has 0 atom stereocenters. The molecule has 0 aliphatic carbocycles.